The molecule has 4 nitrogen and oxygen atoms in total. The van der Waals surface area contributed by atoms with Gasteiger partial charge in [-0.15, -0.1) is 0 Å². The van der Waals surface area contributed by atoms with Gasteiger partial charge in [0, 0.05) is 34.0 Å². The first-order valence-corrected chi connectivity index (χ1v) is 24.9. The minimum absolute atomic E-state index is 0.0188. The maximum absolute atomic E-state index is 7.28. The first-order valence-electron chi connectivity index (χ1n) is 24.9. The van der Waals surface area contributed by atoms with Gasteiger partial charge < -0.3 is 9.32 Å². The maximum Gasteiger partial charge on any atom is 0.279 e. The van der Waals surface area contributed by atoms with Crippen LogP contribution in [0.2, 0.25) is 0 Å². The molecule has 6 aromatic rings. The molecule has 0 atom stereocenters. The highest BCUT2D eigenvalue weighted by Crippen LogP contribution is 2.53. The van der Waals surface area contributed by atoms with Crippen LogP contribution in [-0.2, 0) is 37.9 Å². The molecule has 0 spiro atoms. The number of oxazole rings is 1. The molecule has 342 valence electrons. The molecular formula is C61H74BN3O. The molecule has 3 heterocycles. The molecule has 0 N–H and O–H groups in total. The van der Waals surface area contributed by atoms with E-state index in [4.69, 9.17) is 9.40 Å². The predicted molar refractivity (Wildman–Crippen MR) is 283 cm³/mol. The Morgan fingerprint density at radius 1 is 0.470 bits per heavy atom. The maximum atomic E-state index is 7.28. The van der Waals surface area contributed by atoms with Crippen LogP contribution in [0.5, 0.6) is 0 Å². The topological polar surface area (TPSA) is 32.5 Å². The monoisotopic (exact) mass is 876 g/mol. The van der Waals surface area contributed by atoms with Gasteiger partial charge in [-0.05, 0) is 168 Å². The van der Waals surface area contributed by atoms with E-state index in [0.29, 0.717) is 5.89 Å². The summed E-state index contributed by atoms with van der Waals surface area (Å²) < 4.78 is 7.28. The molecule has 0 radical (unpaired) electrons. The van der Waals surface area contributed by atoms with E-state index in [9.17, 15) is 0 Å². The molecular weight excluding hydrogens is 802 g/mol. The van der Waals surface area contributed by atoms with E-state index in [0.717, 1.165) is 41.3 Å². The molecule has 0 amide bonds. The molecule has 1 aromatic heterocycles. The molecule has 0 fully saturated rings. The van der Waals surface area contributed by atoms with Crippen LogP contribution in [0, 0.1) is 0 Å². The van der Waals surface area contributed by atoms with Crippen molar-refractivity contribution in [3.8, 4) is 11.5 Å². The fourth-order valence-electron chi connectivity index (χ4n) is 11.7. The summed E-state index contributed by atoms with van der Waals surface area (Å²) in [6, 6.07) is 35.8. The van der Waals surface area contributed by atoms with Gasteiger partial charge >= 0.3 is 0 Å². The minimum atomic E-state index is -0.152. The Balaban J connectivity index is 1.32. The van der Waals surface area contributed by atoms with Crippen LogP contribution in [0.25, 0.3) is 11.5 Å². The fraction of sp³-hybridized carbons (Fsp3) is 0.459. The zero-order valence-corrected chi connectivity index (χ0v) is 43.3. The highest BCUT2D eigenvalue weighted by molar-refractivity contribution is 6.99. The van der Waals surface area contributed by atoms with Gasteiger partial charge in [-0.1, -0.05) is 154 Å². The van der Waals surface area contributed by atoms with Crippen molar-refractivity contribution in [2.24, 2.45) is 0 Å². The van der Waals surface area contributed by atoms with Crippen LogP contribution < -0.4 is 26.3 Å². The van der Waals surface area contributed by atoms with Gasteiger partial charge in [0.25, 0.3) is 6.71 Å². The quantitative estimate of drug-likeness (QED) is 0.166. The van der Waals surface area contributed by atoms with Crippen LogP contribution in [0.15, 0.2) is 95.4 Å². The molecule has 10 rings (SSSR count). The lowest BCUT2D eigenvalue weighted by atomic mass is 9.34. The molecule has 0 bridgehead atoms. The second kappa shape index (κ2) is 14.3. The number of hydrogen-bond donors (Lipinski definition) is 0. The first-order chi connectivity index (χ1) is 30.6. The average Bonchev–Trinajstić information content (AvgIpc) is 3.68. The van der Waals surface area contributed by atoms with E-state index in [-0.39, 0.29) is 44.6 Å². The van der Waals surface area contributed by atoms with Crippen LogP contribution in [-0.4, -0.2) is 11.7 Å². The second-order valence-electron chi connectivity index (χ2n) is 26.3. The van der Waals surface area contributed by atoms with Crippen molar-refractivity contribution in [1.82, 2.24) is 4.98 Å². The van der Waals surface area contributed by atoms with Crippen LogP contribution in [0.1, 0.15) is 182 Å². The molecule has 5 heteroatoms. The molecule has 2 aliphatic heterocycles. The molecule has 0 saturated heterocycles. The van der Waals surface area contributed by atoms with Crippen molar-refractivity contribution in [2.45, 2.75) is 181 Å². The van der Waals surface area contributed by atoms with E-state index in [2.05, 4.69) is 218 Å². The Labute approximate surface area is 397 Å². The normalized spacial score (nSPS) is 18.8. The molecule has 2 aliphatic carbocycles. The summed E-state index contributed by atoms with van der Waals surface area (Å²) in [5.74, 6) is 1.46. The summed E-state index contributed by atoms with van der Waals surface area (Å²) >= 11 is 0. The van der Waals surface area contributed by atoms with Crippen molar-refractivity contribution < 1.29 is 4.42 Å². The predicted octanol–water partition coefficient (Wildman–Crippen LogP) is 15.0. The Bertz CT molecular complexity index is 2920. The summed E-state index contributed by atoms with van der Waals surface area (Å²) in [7, 11) is 0. The number of hydrogen-bond acceptors (Lipinski definition) is 4. The van der Waals surface area contributed by atoms with Gasteiger partial charge in [0.1, 0.15) is 0 Å². The fourth-order valence-corrected chi connectivity index (χ4v) is 11.7. The van der Waals surface area contributed by atoms with E-state index in [1.807, 2.05) is 0 Å². The molecule has 5 aromatic carbocycles. The lowest BCUT2D eigenvalue weighted by Gasteiger charge is -2.47. The largest absolute Gasteiger partial charge is 0.420 e. The molecule has 66 heavy (non-hydrogen) atoms. The minimum Gasteiger partial charge on any atom is -0.420 e. The summed E-state index contributed by atoms with van der Waals surface area (Å²) in [6.45, 7) is 40.2. The van der Waals surface area contributed by atoms with Crippen molar-refractivity contribution in [3.63, 3.8) is 0 Å². The summed E-state index contributed by atoms with van der Waals surface area (Å²) in [5.41, 5.74) is 20.4. The molecule has 0 saturated carbocycles. The van der Waals surface area contributed by atoms with Crippen molar-refractivity contribution in [1.29, 1.82) is 0 Å². The highest BCUT2D eigenvalue weighted by Gasteiger charge is 2.50. The molecule has 0 unspecified atom stereocenters. The molecule has 4 aliphatic rings. The van der Waals surface area contributed by atoms with Gasteiger partial charge in [-0.3, -0.25) is 4.90 Å². The third-order valence-electron chi connectivity index (χ3n) is 16.5. The zero-order chi connectivity index (χ0) is 47.5. The summed E-state index contributed by atoms with van der Waals surface area (Å²) in [5, 5.41) is 0. The number of anilines is 6. The van der Waals surface area contributed by atoms with Crippen LogP contribution in [0.4, 0.5) is 34.3 Å². The van der Waals surface area contributed by atoms with Crippen molar-refractivity contribution in [3.05, 3.63) is 130 Å². The second-order valence-corrected chi connectivity index (χ2v) is 26.3. The lowest BCUT2D eigenvalue weighted by molar-refractivity contribution is 0.332. The number of aromatic nitrogens is 1. The van der Waals surface area contributed by atoms with Gasteiger partial charge in [0.15, 0.2) is 0 Å². The van der Waals surface area contributed by atoms with Crippen LogP contribution >= 0.6 is 0 Å². The first kappa shape index (κ1) is 44.8. The van der Waals surface area contributed by atoms with Gasteiger partial charge in [-0.25, -0.2) is 4.98 Å². The third-order valence-corrected chi connectivity index (χ3v) is 16.5. The van der Waals surface area contributed by atoms with Gasteiger partial charge in [0.2, 0.25) is 11.8 Å². The highest BCUT2D eigenvalue weighted by atomic mass is 16.4. The van der Waals surface area contributed by atoms with Crippen LogP contribution in [0.3, 0.4) is 0 Å². The van der Waals surface area contributed by atoms with E-state index in [1.165, 1.54) is 79.8 Å². The van der Waals surface area contributed by atoms with Crippen molar-refractivity contribution in [2.75, 3.05) is 9.80 Å². The lowest BCUT2D eigenvalue weighted by Crippen LogP contribution is -2.62. The Hall–Kier alpha value is -5.03. The standard InChI is InChI=1S/C61H74BN3O/c1-55(2,3)38-20-18-37(19-21-38)53-63-52-54(66-53)65(41-24-22-39(23-25-41)56(4,5)6)50-33-40(57(7,8)9)32-49-51(50)62(52)47-35-45-46(61(16,17)31-30-60(45,14)15)36-48(47)64(49)42-26-27-43-44(34-42)59(12,13)29-28-58(43,10)11/h18-27,32-36H,28-31H2,1-17H3. The van der Waals surface area contributed by atoms with E-state index >= 15 is 0 Å². The summed E-state index contributed by atoms with van der Waals surface area (Å²) in [6.07, 6.45) is 4.66. The smallest absolute Gasteiger partial charge is 0.279 e. The summed E-state index contributed by atoms with van der Waals surface area (Å²) in [4.78, 5) is 10.7. The third kappa shape index (κ3) is 7.03. The van der Waals surface area contributed by atoms with E-state index in [1.54, 1.807) is 0 Å². The Morgan fingerprint density at radius 2 is 0.924 bits per heavy atom. The Morgan fingerprint density at radius 3 is 1.45 bits per heavy atom. The van der Waals surface area contributed by atoms with Crippen molar-refractivity contribution >= 4 is 57.6 Å². The SMILES string of the molecule is CC(C)(C)c1ccc(-c2nc3c(o2)N(c2ccc(C(C)(C)C)cc2)c2cc(C(C)(C)C)cc4c2B3c2cc3c(cc2N4c2ccc4c(c2)C(C)(C)CCC4(C)C)C(C)(C)CCC3(C)C)cc1. The van der Waals surface area contributed by atoms with Gasteiger partial charge in [0.05, 0.1) is 5.59 Å². The number of benzene rings is 5. The Kier molecular flexibility index (Phi) is 9.67. The average molecular weight is 876 g/mol. The van der Waals surface area contributed by atoms with E-state index < -0.39 is 0 Å². The van der Waals surface area contributed by atoms with Gasteiger partial charge in [-0.2, -0.15) is 0 Å². The zero-order valence-electron chi connectivity index (χ0n) is 43.3. The number of nitrogens with zero attached hydrogens (tertiary/aromatic N) is 3. The number of rotatable bonds is 3. The number of fused-ring (bicyclic) bond motifs is 6.